The largest absolute Gasteiger partial charge is 0.478 e. The van der Waals surface area contributed by atoms with E-state index >= 15 is 0 Å². The van der Waals surface area contributed by atoms with Gasteiger partial charge in [-0.25, -0.2) is 4.79 Å². The van der Waals surface area contributed by atoms with E-state index in [1.165, 1.54) is 0 Å². The van der Waals surface area contributed by atoms with E-state index in [4.69, 9.17) is 5.73 Å². The molecular formula is C26H28N4O5. The standard InChI is InChI=1S/C26H28N4O5/c27-25(34)18-4-3-5-21(16-18)29-13-11-17(15-24(32)33)14-22(29)26(35)28-19-7-9-20(10-8-19)30-12-2-1-6-23(30)31/h3-5,7-10,15-16,22H,1-2,6,11-14H2,(H2,27,34)(H,28,35)(H,32,33)/t22-/m0/s1. The van der Waals surface area contributed by atoms with E-state index in [1.54, 1.807) is 41.3 Å². The lowest BCUT2D eigenvalue weighted by Gasteiger charge is -2.37. The highest BCUT2D eigenvalue weighted by atomic mass is 16.4. The fraction of sp³-hybridized carbons (Fsp3) is 0.308. The SMILES string of the molecule is NC(=O)c1cccc(N2CCC(=CC(=O)O)C[C@H]2C(=O)Nc2ccc(N3CCCCC3=O)cc2)c1. The van der Waals surface area contributed by atoms with Gasteiger partial charge in [0, 0.05) is 48.2 Å². The molecule has 2 heterocycles. The van der Waals surface area contributed by atoms with Crippen molar-refractivity contribution >= 4 is 40.8 Å². The predicted molar refractivity (Wildman–Crippen MR) is 132 cm³/mol. The highest BCUT2D eigenvalue weighted by Crippen LogP contribution is 2.30. The summed E-state index contributed by atoms with van der Waals surface area (Å²) < 4.78 is 0. The van der Waals surface area contributed by atoms with Gasteiger partial charge in [-0.2, -0.15) is 0 Å². The van der Waals surface area contributed by atoms with Gasteiger partial charge < -0.3 is 26.0 Å². The Morgan fingerprint density at radius 1 is 1.00 bits per heavy atom. The van der Waals surface area contributed by atoms with Gasteiger partial charge in [0.1, 0.15) is 6.04 Å². The van der Waals surface area contributed by atoms with Crippen LogP contribution in [0, 0.1) is 0 Å². The summed E-state index contributed by atoms with van der Waals surface area (Å²) in [6.45, 7) is 1.10. The molecule has 2 aliphatic rings. The molecule has 2 fully saturated rings. The number of carboxylic acid groups (broad SMARTS) is 1. The number of nitrogens with one attached hydrogen (secondary N) is 1. The van der Waals surface area contributed by atoms with Gasteiger partial charge in [-0.15, -0.1) is 0 Å². The van der Waals surface area contributed by atoms with Crippen molar-refractivity contribution < 1.29 is 24.3 Å². The van der Waals surface area contributed by atoms with E-state index in [0.717, 1.165) is 24.6 Å². The number of carboxylic acids is 1. The lowest BCUT2D eigenvalue weighted by atomic mass is 9.94. The molecule has 0 aromatic heterocycles. The van der Waals surface area contributed by atoms with E-state index in [1.807, 2.05) is 17.0 Å². The number of anilines is 3. The third-order valence-electron chi connectivity index (χ3n) is 6.37. The zero-order chi connectivity index (χ0) is 24.9. The van der Waals surface area contributed by atoms with Gasteiger partial charge in [0.25, 0.3) is 0 Å². The molecule has 0 bridgehead atoms. The van der Waals surface area contributed by atoms with Gasteiger partial charge in [-0.05, 0) is 68.1 Å². The Hall–Kier alpha value is -4.14. The highest BCUT2D eigenvalue weighted by molar-refractivity contribution is 5.99. The highest BCUT2D eigenvalue weighted by Gasteiger charge is 2.32. The van der Waals surface area contributed by atoms with Crippen molar-refractivity contribution in [3.05, 3.63) is 65.7 Å². The smallest absolute Gasteiger partial charge is 0.328 e. The number of carbonyl (C=O) groups excluding carboxylic acids is 3. The number of carbonyl (C=O) groups is 4. The molecule has 0 aliphatic carbocycles. The molecule has 2 aliphatic heterocycles. The van der Waals surface area contributed by atoms with Crippen LogP contribution in [0.1, 0.15) is 42.5 Å². The maximum Gasteiger partial charge on any atom is 0.328 e. The second-order valence-electron chi connectivity index (χ2n) is 8.76. The molecule has 4 N–H and O–H groups in total. The van der Waals surface area contributed by atoms with Gasteiger partial charge in [0.2, 0.25) is 17.7 Å². The third kappa shape index (κ3) is 5.68. The van der Waals surface area contributed by atoms with E-state index < -0.39 is 17.9 Å². The van der Waals surface area contributed by atoms with Crippen LogP contribution in [-0.2, 0) is 14.4 Å². The number of hydrogen-bond acceptors (Lipinski definition) is 5. The van der Waals surface area contributed by atoms with Crippen molar-refractivity contribution in [1.82, 2.24) is 0 Å². The fourth-order valence-corrected chi connectivity index (χ4v) is 4.60. The first-order valence-corrected chi connectivity index (χ1v) is 11.6. The number of aliphatic carboxylic acids is 1. The van der Waals surface area contributed by atoms with Crippen LogP contribution in [-0.4, -0.2) is 47.9 Å². The quantitative estimate of drug-likeness (QED) is 0.549. The van der Waals surface area contributed by atoms with Crippen LogP contribution >= 0.6 is 0 Å². The second-order valence-corrected chi connectivity index (χ2v) is 8.76. The number of primary amides is 1. The summed E-state index contributed by atoms with van der Waals surface area (Å²) in [5, 5.41) is 12.1. The molecule has 2 aromatic carbocycles. The van der Waals surface area contributed by atoms with Gasteiger partial charge in [0.15, 0.2) is 0 Å². The molecular weight excluding hydrogens is 448 g/mol. The Kier molecular flexibility index (Phi) is 7.14. The summed E-state index contributed by atoms with van der Waals surface area (Å²) in [5.74, 6) is -1.82. The van der Waals surface area contributed by atoms with Crippen molar-refractivity contribution in [3.63, 3.8) is 0 Å². The van der Waals surface area contributed by atoms with E-state index in [-0.39, 0.29) is 18.2 Å². The minimum Gasteiger partial charge on any atom is -0.478 e. The monoisotopic (exact) mass is 476 g/mol. The summed E-state index contributed by atoms with van der Waals surface area (Å²) >= 11 is 0. The number of rotatable bonds is 6. The summed E-state index contributed by atoms with van der Waals surface area (Å²) in [7, 11) is 0. The van der Waals surface area contributed by atoms with Crippen LogP contribution in [0.2, 0.25) is 0 Å². The van der Waals surface area contributed by atoms with Crippen LogP contribution in [0.3, 0.4) is 0 Å². The van der Waals surface area contributed by atoms with Crippen molar-refractivity contribution in [2.75, 3.05) is 28.2 Å². The Bertz CT molecular complexity index is 1170. The summed E-state index contributed by atoms with van der Waals surface area (Å²) in [6, 6.07) is 13.2. The Morgan fingerprint density at radius 3 is 2.46 bits per heavy atom. The van der Waals surface area contributed by atoms with E-state index in [0.29, 0.717) is 48.4 Å². The Labute approximate surface area is 203 Å². The van der Waals surface area contributed by atoms with Gasteiger partial charge in [0.05, 0.1) is 0 Å². The molecule has 1 atom stereocenters. The zero-order valence-corrected chi connectivity index (χ0v) is 19.3. The lowest BCUT2D eigenvalue weighted by Crippen LogP contribution is -2.48. The maximum absolute atomic E-state index is 13.4. The summed E-state index contributed by atoms with van der Waals surface area (Å²) in [4.78, 5) is 52.0. The Balaban J connectivity index is 1.55. The first kappa shape index (κ1) is 24.0. The number of amides is 3. The molecule has 0 unspecified atom stereocenters. The first-order valence-electron chi connectivity index (χ1n) is 11.6. The molecule has 9 nitrogen and oxygen atoms in total. The molecule has 0 saturated carbocycles. The van der Waals surface area contributed by atoms with Crippen LogP contribution in [0.5, 0.6) is 0 Å². The average Bonchev–Trinajstić information content (AvgIpc) is 2.84. The molecule has 4 rings (SSSR count). The molecule has 35 heavy (non-hydrogen) atoms. The Morgan fingerprint density at radius 2 is 1.77 bits per heavy atom. The molecule has 0 spiro atoms. The normalized spacial score (nSPS) is 19.5. The lowest BCUT2D eigenvalue weighted by molar-refractivity contribution is -0.131. The minimum absolute atomic E-state index is 0.0989. The number of benzene rings is 2. The number of hydrogen-bond donors (Lipinski definition) is 3. The van der Waals surface area contributed by atoms with Gasteiger partial charge in [-0.1, -0.05) is 11.6 Å². The topological polar surface area (TPSA) is 133 Å². The van der Waals surface area contributed by atoms with Gasteiger partial charge in [-0.3, -0.25) is 14.4 Å². The summed E-state index contributed by atoms with van der Waals surface area (Å²) in [5.41, 5.74) is 8.45. The molecule has 0 radical (unpaired) electrons. The van der Waals surface area contributed by atoms with Gasteiger partial charge >= 0.3 is 5.97 Å². The van der Waals surface area contributed by atoms with Crippen molar-refractivity contribution in [2.24, 2.45) is 5.73 Å². The predicted octanol–water partition coefficient (Wildman–Crippen LogP) is 2.92. The van der Waals surface area contributed by atoms with Crippen molar-refractivity contribution in [1.29, 1.82) is 0 Å². The van der Waals surface area contributed by atoms with Crippen LogP contribution in [0.15, 0.2) is 60.2 Å². The van der Waals surface area contributed by atoms with Crippen molar-refractivity contribution in [3.8, 4) is 0 Å². The number of nitrogens with zero attached hydrogens (tertiary/aromatic N) is 2. The average molecular weight is 477 g/mol. The van der Waals surface area contributed by atoms with Crippen molar-refractivity contribution in [2.45, 2.75) is 38.1 Å². The van der Waals surface area contributed by atoms with Crippen LogP contribution < -0.4 is 20.9 Å². The number of piperidine rings is 2. The maximum atomic E-state index is 13.4. The zero-order valence-electron chi connectivity index (χ0n) is 19.3. The molecule has 2 saturated heterocycles. The van der Waals surface area contributed by atoms with Crippen LogP contribution in [0.25, 0.3) is 0 Å². The molecule has 3 amide bonds. The number of nitrogens with two attached hydrogens (primary N) is 1. The first-order chi connectivity index (χ1) is 16.8. The second kappa shape index (κ2) is 10.4. The fourth-order valence-electron chi connectivity index (χ4n) is 4.60. The molecule has 182 valence electrons. The molecule has 9 heteroatoms. The third-order valence-corrected chi connectivity index (χ3v) is 6.37. The summed E-state index contributed by atoms with van der Waals surface area (Å²) in [6.07, 6.45) is 4.28. The van der Waals surface area contributed by atoms with Crippen LogP contribution in [0.4, 0.5) is 17.1 Å². The van der Waals surface area contributed by atoms with E-state index in [9.17, 15) is 24.3 Å². The minimum atomic E-state index is -1.05. The molecule has 2 aromatic rings. The van der Waals surface area contributed by atoms with E-state index in [2.05, 4.69) is 5.32 Å².